The van der Waals surface area contributed by atoms with Gasteiger partial charge in [-0.3, -0.25) is 4.79 Å². The van der Waals surface area contributed by atoms with Crippen LogP contribution < -0.4 is 16.6 Å². The Balaban J connectivity index is 0.00000208. The molecule has 2 aromatic carbocycles. The number of carbonyl (C=O) groups excluding carboxylic acids is 1. The van der Waals surface area contributed by atoms with Crippen LogP contribution in [0.5, 0.6) is 0 Å². The zero-order valence-corrected chi connectivity index (χ0v) is 15.7. The van der Waals surface area contributed by atoms with E-state index in [0.717, 1.165) is 21.8 Å². The SMILES string of the molecule is N.O=C1N[C@H](Cc2ccccc2)C([O-])=C1Sc1cc(Br)ccc1Cl. The van der Waals surface area contributed by atoms with Crippen molar-refractivity contribution in [3.05, 3.63) is 74.3 Å². The smallest absolute Gasteiger partial charge is 0.257 e. The predicted octanol–water partition coefficient (Wildman–Crippen LogP) is 3.67. The first-order valence-corrected chi connectivity index (χ1v) is 8.92. The van der Waals surface area contributed by atoms with Crippen molar-refractivity contribution in [3.8, 4) is 0 Å². The van der Waals surface area contributed by atoms with Gasteiger partial charge in [0, 0.05) is 15.4 Å². The van der Waals surface area contributed by atoms with Crippen LogP contribution in [0.25, 0.3) is 0 Å². The molecule has 0 spiro atoms. The minimum atomic E-state index is -0.515. The fourth-order valence-corrected chi connectivity index (χ4v) is 4.03. The maximum absolute atomic E-state index is 12.5. The number of carbonyl (C=O) groups is 1. The molecule has 126 valence electrons. The zero-order chi connectivity index (χ0) is 16.4. The molecule has 0 saturated heterocycles. The molecule has 1 amide bonds. The van der Waals surface area contributed by atoms with Crippen molar-refractivity contribution < 1.29 is 9.90 Å². The van der Waals surface area contributed by atoms with Crippen LogP contribution in [-0.2, 0) is 11.2 Å². The standard InChI is InChI=1S/C17H13BrClNO2S.H3N/c18-11-6-7-12(19)14(9-11)23-16-15(21)13(20-17(16)22)8-10-4-2-1-3-5-10;/h1-7,9,13,21H,8H2,(H,20,22);1H3/p-1/t13-;/m1./s1. The number of thioether (sulfide) groups is 1. The van der Waals surface area contributed by atoms with Gasteiger partial charge in [-0.1, -0.05) is 75.4 Å². The zero-order valence-electron chi connectivity index (χ0n) is 12.6. The minimum absolute atomic E-state index is 0. The molecular weight excluding hydrogens is 412 g/mol. The molecule has 0 unspecified atom stereocenters. The first kappa shape index (κ1) is 18.9. The predicted molar refractivity (Wildman–Crippen MR) is 99.1 cm³/mol. The highest BCUT2D eigenvalue weighted by atomic mass is 79.9. The molecule has 4 N–H and O–H groups in total. The second kappa shape index (κ2) is 8.07. The Morgan fingerprint density at radius 1 is 1.21 bits per heavy atom. The van der Waals surface area contributed by atoms with Gasteiger partial charge in [-0.05, 0) is 30.2 Å². The third-order valence-corrected chi connectivity index (χ3v) is 5.52. The summed E-state index contributed by atoms with van der Waals surface area (Å²) < 4.78 is 0.844. The van der Waals surface area contributed by atoms with Crippen molar-refractivity contribution in [1.82, 2.24) is 11.5 Å². The molecule has 0 saturated carbocycles. The molecule has 0 radical (unpaired) electrons. The number of halogens is 2. The van der Waals surface area contributed by atoms with E-state index in [2.05, 4.69) is 21.2 Å². The summed E-state index contributed by atoms with van der Waals surface area (Å²) in [6, 6.07) is 14.4. The largest absolute Gasteiger partial charge is 0.873 e. The Bertz CT molecular complexity index is 783. The lowest BCUT2D eigenvalue weighted by Crippen LogP contribution is -2.33. The van der Waals surface area contributed by atoms with Crippen LogP contribution in [0.1, 0.15) is 5.56 Å². The van der Waals surface area contributed by atoms with E-state index in [4.69, 9.17) is 11.6 Å². The number of benzene rings is 2. The van der Waals surface area contributed by atoms with E-state index in [1.807, 2.05) is 36.4 Å². The van der Waals surface area contributed by atoms with Crippen LogP contribution in [0, 0.1) is 0 Å². The third kappa shape index (κ3) is 4.13. The maximum Gasteiger partial charge on any atom is 0.257 e. The molecule has 0 aromatic heterocycles. The summed E-state index contributed by atoms with van der Waals surface area (Å²) in [5, 5.41) is 15.8. The summed E-state index contributed by atoms with van der Waals surface area (Å²) in [7, 11) is 0. The van der Waals surface area contributed by atoms with Crippen LogP contribution >= 0.6 is 39.3 Å². The summed E-state index contributed by atoms with van der Waals surface area (Å²) in [5.41, 5.74) is 1.01. The second-order valence-electron chi connectivity index (χ2n) is 5.09. The highest BCUT2D eigenvalue weighted by Crippen LogP contribution is 2.37. The van der Waals surface area contributed by atoms with Crippen LogP contribution in [-0.4, -0.2) is 11.9 Å². The molecule has 0 aliphatic carbocycles. The molecule has 3 rings (SSSR count). The van der Waals surface area contributed by atoms with Gasteiger partial charge in [-0.25, -0.2) is 0 Å². The van der Waals surface area contributed by atoms with Gasteiger partial charge < -0.3 is 16.6 Å². The molecule has 1 atom stereocenters. The van der Waals surface area contributed by atoms with E-state index in [1.165, 1.54) is 0 Å². The lowest BCUT2D eigenvalue weighted by molar-refractivity contribution is -0.308. The Labute approximate surface area is 158 Å². The van der Waals surface area contributed by atoms with Crippen LogP contribution in [0.3, 0.4) is 0 Å². The van der Waals surface area contributed by atoms with Crippen molar-refractivity contribution in [2.24, 2.45) is 0 Å². The van der Waals surface area contributed by atoms with Crippen molar-refractivity contribution in [1.29, 1.82) is 0 Å². The highest BCUT2D eigenvalue weighted by molar-refractivity contribution is 9.10. The van der Waals surface area contributed by atoms with Crippen molar-refractivity contribution >= 4 is 45.2 Å². The number of rotatable bonds is 4. The van der Waals surface area contributed by atoms with E-state index in [0.29, 0.717) is 16.3 Å². The molecule has 7 heteroatoms. The maximum atomic E-state index is 12.5. The van der Waals surface area contributed by atoms with Crippen LogP contribution in [0.15, 0.2) is 68.6 Å². The van der Waals surface area contributed by atoms with E-state index >= 15 is 0 Å². The molecule has 1 heterocycles. The van der Waals surface area contributed by atoms with E-state index in [9.17, 15) is 9.90 Å². The minimum Gasteiger partial charge on any atom is -0.873 e. The Morgan fingerprint density at radius 2 is 1.92 bits per heavy atom. The molecule has 1 aliphatic rings. The first-order valence-electron chi connectivity index (χ1n) is 6.93. The van der Waals surface area contributed by atoms with Gasteiger partial charge in [0.25, 0.3) is 5.91 Å². The summed E-state index contributed by atoms with van der Waals surface area (Å²) in [5.74, 6) is -0.517. The van der Waals surface area contributed by atoms with E-state index in [-0.39, 0.29) is 22.7 Å². The molecule has 0 bridgehead atoms. The molecular formula is C17H15BrClN2O2S-. The van der Waals surface area contributed by atoms with Crippen molar-refractivity contribution in [3.63, 3.8) is 0 Å². The van der Waals surface area contributed by atoms with Gasteiger partial charge in [0.05, 0.1) is 9.93 Å². The molecule has 0 fully saturated rings. The van der Waals surface area contributed by atoms with E-state index < -0.39 is 6.04 Å². The normalized spacial score (nSPS) is 16.8. The van der Waals surface area contributed by atoms with E-state index in [1.54, 1.807) is 12.1 Å². The highest BCUT2D eigenvalue weighted by Gasteiger charge is 2.27. The van der Waals surface area contributed by atoms with Gasteiger partial charge in [0.15, 0.2) is 0 Å². The number of hydrogen-bond acceptors (Lipinski definition) is 4. The van der Waals surface area contributed by atoms with Gasteiger partial charge in [0.1, 0.15) is 0 Å². The van der Waals surface area contributed by atoms with Crippen molar-refractivity contribution in [2.75, 3.05) is 0 Å². The molecule has 24 heavy (non-hydrogen) atoms. The Hall–Kier alpha value is -1.47. The summed E-state index contributed by atoms with van der Waals surface area (Å²) >= 11 is 10.6. The van der Waals surface area contributed by atoms with Crippen LogP contribution in [0.2, 0.25) is 5.02 Å². The topological polar surface area (TPSA) is 87.2 Å². The number of nitrogens with one attached hydrogen (secondary N) is 1. The van der Waals surface area contributed by atoms with Crippen molar-refractivity contribution in [2.45, 2.75) is 17.4 Å². The fraction of sp³-hybridized carbons (Fsp3) is 0.118. The fourth-order valence-electron chi connectivity index (χ4n) is 2.32. The van der Waals surface area contributed by atoms with Gasteiger partial charge in [-0.2, -0.15) is 0 Å². The molecule has 1 aliphatic heterocycles. The monoisotopic (exact) mass is 425 g/mol. The molecule has 2 aromatic rings. The van der Waals surface area contributed by atoms with Gasteiger partial charge in [-0.15, -0.1) is 0 Å². The quantitative estimate of drug-likeness (QED) is 0.781. The summed E-state index contributed by atoms with van der Waals surface area (Å²) in [6.45, 7) is 0. The Kier molecular flexibility index (Phi) is 6.34. The van der Waals surface area contributed by atoms with Gasteiger partial charge in [0.2, 0.25) is 0 Å². The number of hydrogen-bond donors (Lipinski definition) is 2. The Morgan fingerprint density at radius 3 is 2.62 bits per heavy atom. The number of amides is 1. The van der Waals surface area contributed by atoms with Gasteiger partial charge >= 0.3 is 0 Å². The lowest BCUT2D eigenvalue weighted by atomic mass is 10.1. The average molecular weight is 427 g/mol. The molecule has 4 nitrogen and oxygen atoms in total. The first-order chi connectivity index (χ1) is 11.0. The average Bonchev–Trinajstić information content (AvgIpc) is 2.79. The van der Waals surface area contributed by atoms with Crippen LogP contribution in [0.4, 0.5) is 0 Å². The summed E-state index contributed by atoms with van der Waals surface area (Å²) in [4.78, 5) is 13.0. The second-order valence-corrected chi connectivity index (χ2v) is 7.46. The summed E-state index contributed by atoms with van der Waals surface area (Å²) in [6.07, 6.45) is 0.488. The lowest BCUT2D eigenvalue weighted by Gasteiger charge is -2.19. The third-order valence-electron chi connectivity index (χ3n) is 3.44.